The summed E-state index contributed by atoms with van der Waals surface area (Å²) in [4.78, 5) is 2.39. The van der Waals surface area contributed by atoms with Crippen LogP contribution in [-0.4, -0.2) is 9.13 Å². The minimum absolute atomic E-state index is 0.130. The summed E-state index contributed by atoms with van der Waals surface area (Å²) in [5.74, 6) is 0. The van der Waals surface area contributed by atoms with Gasteiger partial charge in [0.05, 0.1) is 27.8 Å². The molecule has 0 saturated carbocycles. The molecule has 1 aliphatic carbocycles. The lowest BCUT2D eigenvalue weighted by Crippen LogP contribution is -2.16. The number of hydrogen-bond donors (Lipinski definition) is 0. The van der Waals surface area contributed by atoms with Gasteiger partial charge in [0.2, 0.25) is 0 Å². The lowest BCUT2D eigenvalue weighted by molar-refractivity contribution is 0.660. The Morgan fingerprint density at radius 1 is 0.304 bits per heavy atom. The Hall–Kier alpha value is -10.2. The first-order chi connectivity index (χ1) is 38.9. The van der Waals surface area contributed by atoms with Crippen LogP contribution in [0.1, 0.15) is 25.0 Å². The minimum Gasteiger partial charge on any atom is -0.453 e. The fourth-order valence-electron chi connectivity index (χ4n) is 13.1. The highest BCUT2D eigenvalue weighted by Gasteiger charge is 2.36. The summed E-state index contributed by atoms with van der Waals surface area (Å²) < 4.78 is 12.0. The largest absolute Gasteiger partial charge is 0.453 e. The van der Waals surface area contributed by atoms with Crippen LogP contribution in [-0.2, 0) is 5.41 Å². The van der Waals surface area contributed by atoms with Crippen molar-refractivity contribution in [2.75, 3.05) is 4.90 Å². The molecule has 3 aromatic heterocycles. The molecule has 12 aromatic carbocycles. The molecule has 0 aliphatic heterocycles. The molecule has 0 bridgehead atoms. The van der Waals surface area contributed by atoms with Gasteiger partial charge in [-0.2, -0.15) is 0 Å². The number of nitrogens with zero attached hydrogens (tertiary/aromatic N) is 3. The van der Waals surface area contributed by atoms with E-state index in [4.69, 9.17) is 4.42 Å². The van der Waals surface area contributed by atoms with Gasteiger partial charge < -0.3 is 18.5 Å². The van der Waals surface area contributed by atoms with Gasteiger partial charge in [0.1, 0.15) is 5.58 Å². The van der Waals surface area contributed by atoms with E-state index in [1.807, 2.05) is 0 Å². The van der Waals surface area contributed by atoms with E-state index in [2.05, 4.69) is 301 Å². The third-order valence-corrected chi connectivity index (χ3v) is 16.9. The topological polar surface area (TPSA) is 26.2 Å². The summed E-state index contributed by atoms with van der Waals surface area (Å²) in [6, 6.07) is 99.6. The quantitative estimate of drug-likeness (QED) is 0.152. The molecule has 0 fully saturated rings. The molecule has 0 spiro atoms. The molecule has 0 radical (unpaired) electrons. The zero-order chi connectivity index (χ0) is 52.3. The number of benzene rings is 12. The fourth-order valence-corrected chi connectivity index (χ4v) is 13.1. The second-order valence-corrected chi connectivity index (χ2v) is 21.6. The normalized spacial score (nSPS) is 12.8. The molecule has 0 N–H and O–H groups in total. The van der Waals surface area contributed by atoms with Crippen LogP contribution in [0.5, 0.6) is 0 Å². The summed E-state index contributed by atoms with van der Waals surface area (Å²) in [5, 5.41) is 7.06. The second-order valence-electron chi connectivity index (χ2n) is 21.6. The summed E-state index contributed by atoms with van der Waals surface area (Å²) in [6.07, 6.45) is 0. The van der Waals surface area contributed by atoms with Crippen molar-refractivity contribution in [1.82, 2.24) is 9.13 Å². The number of rotatable bonds is 8. The van der Waals surface area contributed by atoms with Gasteiger partial charge in [0, 0.05) is 66.0 Å². The number of para-hydroxylation sites is 5. The first-order valence-corrected chi connectivity index (χ1v) is 27.3. The van der Waals surface area contributed by atoms with Crippen molar-refractivity contribution in [1.29, 1.82) is 0 Å². The Morgan fingerprint density at radius 2 is 0.785 bits per heavy atom. The van der Waals surface area contributed by atoms with Crippen LogP contribution < -0.4 is 4.90 Å². The van der Waals surface area contributed by atoms with Gasteiger partial charge >= 0.3 is 0 Å². The van der Waals surface area contributed by atoms with Crippen molar-refractivity contribution >= 4 is 82.6 Å². The van der Waals surface area contributed by atoms with Gasteiger partial charge in [-0.3, -0.25) is 0 Å². The standard InChI is InChI=1S/C75H51N3O/c1-75(2)66-27-12-9-21-58(66)59-42-41-56(47-67(59)75)76(54-37-31-49(32-38-54)48-17-5-3-6-18-48)55-39-33-50(34-40-55)57-24-15-25-62-63-26-16-30-72(74(63)79-73(57)62)78-69-29-14-11-23-61(69)65-46-52(36-44-71(65)78)51-35-43-70-64(45-51)60-22-10-13-28-68(60)77(70)53-19-7-4-8-20-53/h3-47H,1-2H3. The number of hydrogen-bond acceptors (Lipinski definition) is 2. The second kappa shape index (κ2) is 17.4. The lowest BCUT2D eigenvalue weighted by atomic mass is 9.82. The number of fused-ring (bicyclic) bond motifs is 12. The molecule has 79 heavy (non-hydrogen) atoms. The highest BCUT2D eigenvalue weighted by molar-refractivity contribution is 6.16. The number of aromatic nitrogens is 2. The van der Waals surface area contributed by atoms with Gasteiger partial charge in [-0.1, -0.05) is 196 Å². The van der Waals surface area contributed by atoms with Crippen LogP contribution in [0.25, 0.3) is 121 Å². The first-order valence-electron chi connectivity index (χ1n) is 27.3. The fraction of sp³-hybridized carbons (Fsp3) is 0.0400. The maximum Gasteiger partial charge on any atom is 0.159 e. The Bertz CT molecular complexity index is 4900. The molecule has 4 nitrogen and oxygen atoms in total. The molecule has 0 amide bonds. The average Bonchev–Trinajstić information content (AvgIpc) is 4.44. The third kappa shape index (κ3) is 6.94. The highest BCUT2D eigenvalue weighted by Crippen LogP contribution is 2.51. The van der Waals surface area contributed by atoms with Gasteiger partial charge in [0.15, 0.2) is 5.58 Å². The van der Waals surface area contributed by atoms with Gasteiger partial charge in [-0.25, -0.2) is 0 Å². The molecule has 372 valence electrons. The average molecular weight is 1010 g/mol. The van der Waals surface area contributed by atoms with Gasteiger partial charge in [-0.15, -0.1) is 0 Å². The zero-order valence-electron chi connectivity index (χ0n) is 43.7. The molecular weight excluding hydrogens is 959 g/mol. The van der Waals surface area contributed by atoms with Crippen molar-refractivity contribution in [3.05, 3.63) is 284 Å². The van der Waals surface area contributed by atoms with Crippen LogP contribution >= 0.6 is 0 Å². The van der Waals surface area contributed by atoms with E-state index in [0.29, 0.717) is 0 Å². The van der Waals surface area contributed by atoms with Crippen molar-refractivity contribution in [3.63, 3.8) is 0 Å². The SMILES string of the molecule is CC1(C)c2ccccc2-c2ccc(N(c3ccc(-c4ccccc4)cc3)c3ccc(-c4cccc5c4oc4c(-n6c7ccccc7c7cc(-c8ccc9c(c8)c8ccccc8n9-c8ccccc8)ccc76)cccc45)cc3)cc21. The van der Waals surface area contributed by atoms with Crippen LogP contribution in [0.2, 0.25) is 0 Å². The molecule has 0 atom stereocenters. The molecule has 0 saturated heterocycles. The third-order valence-electron chi connectivity index (χ3n) is 16.9. The lowest BCUT2D eigenvalue weighted by Gasteiger charge is -2.28. The van der Waals surface area contributed by atoms with E-state index in [1.54, 1.807) is 0 Å². The van der Waals surface area contributed by atoms with Crippen LogP contribution in [0.4, 0.5) is 17.1 Å². The monoisotopic (exact) mass is 1010 g/mol. The Morgan fingerprint density at radius 3 is 1.48 bits per heavy atom. The predicted molar refractivity (Wildman–Crippen MR) is 331 cm³/mol. The minimum atomic E-state index is -0.130. The molecule has 3 heterocycles. The maximum absolute atomic E-state index is 7.21. The molecule has 16 rings (SSSR count). The summed E-state index contributed by atoms with van der Waals surface area (Å²) in [5.41, 5.74) is 24.0. The Kier molecular flexibility index (Phi) is 9.95. The van der Waals surface area contributed by atoms with E-state index in [1.165, 1.54) is 77.1 Å². The highest BCUT2D eigenvalue weighted by atomic mass is 16.3. The number of furan rings is 1. The van der Waals surface area contributed by atoms with E-state index < -0.39 is 0 Å². The van der Waals surface area contributed by atoms with E-state index in [9.17, 15) is 0 Å². The molecule has 15 aromatic rings. The molecular formula is C75H51N3O. The van der Waals surface area contributed by atoms with Crippen LogP contribution in [0.3, 0.4) is 0 Å². The smallest absolute Gasteiger partial charge is 0.159 e. The number of anilines is 3. The molecule has 0 unspecified atom stereocenters. The van der Waals surface area contributed by atoms with Crippen molar-refractivity contribution in [3.8, 4) is 55.9 Å². The van der Waals surface area contributed by atoms with Crippen molar-refractivity contribution in [2.45, 2.75) is 19.3 Å². The molecule has 4 heteroatoms. The van der Waals surface area contributed by atoms with E-state index in [-0.39, 0.29) is 5.41 Å². The summed E-state index contributed by atoms with van der Waals surface area (Å²) in [6.45, 7) is 4.70. The van der Waals surface area contributed by atoms with E-state index in [0.717, 1.165) is 72.5 Å². The Balaban J connectivity index is 0.789. The summed E-state index contributed by atoms with van der Waals surface area (Å²) >= 11 is 0. The van der Waals surface area contributed by atoms with Gasteiger partial charge in [-0.05, 0) is 141 Å². The molecule has 1 aliphatic rings. The van der Waals surface area contributed by atoms with Crippen LogP contribution in [0, 0.1) is 0 Å². The summed E-state index contributed by atoms with van der Waals surface area (Å²) in [7, 11) is 0. The van der Waals surface area contributed by atoms with Gasteiger partial charge in [0.25, 0.3) is 0 Å². The predicted octanol–water partition coefficient (Wildman–Crippen LogP) is 20.6. The van der Waals surface area contributed by atoms with Crippen molar-refractivity contribution < 1.29 is 4.42 Å². The maximum atomic E-state index is 7.21. The van der Waals surface area contributed by atoms with Crippen LogP contribution in [0.15, 0.2) is 277 Å². The van der Waals surface area contributed by atoms with E-state index >= 15 is 0 Å². The van der Waals surface area contributed by atoms with Crippen molar-refractivity contribution in [2.24, 2.45) is 0 Å². The zero-order valence-corrected chi connectivity index (χ0v) is 43.7. The Labute approximate surface area is 457 Å². The first kappa shape index (κ1) is 45.1.